The molecule has 0 aliphatic heterocycles. The zero-order chi connectivity index (χ0) is 11.1. The second-order valence-electron chi connectivity index (χ2n) is 4.14. The first kappa shape index (κ1) is 12.5. The molecule has 0 bridgehead atoms. The first-order valence-electron chi connectivity index (χ1n) is 5.69. The summed E-state index contributed by atoms with van der Waals surface area (Å²) in [5, 5.41) is 12.0. The minimum absolute atomic E-state index is 0.153. The Kier molecular flexibility index (Phi) is 5.05. The largest absolute Gasteiger partial charge is 0.468 e. The van der Waals surface area contributed by atoms with Gasteiger partial charge in [-0.05, 0) is 25.8 Å². The summed E-state index contributed by atoms with van der Waals surface area (Å²) in [5.41, 5.74) is -0.484. The smallest absolute Gasteiger partial charge is 0.326 e. The van der Waals surface area contributed by atoms with E-state index in [0.29, 0.717) is 13.0 Å². The predicted molar refractivity (Wildman–Crippen MR) is 57.5 cm³/mol. The van der Waals surface area contributed by atoms with Gasteiger partial charge >= 0.3 is 5.97 Å². The maximum absolute atomic E-state index is 11.7. The Morgan fingerprint density at radius 2 is 2.07 bits per heavy atom. The first-order chi connectivity index (χ1) is 7.25. The molecule has 4 nitrogen and oxygen atoms in total. The molecule has 4 heteroatoms. The van der Waals surface area contributed by atoms with Crippen LogP contribution < -0.4 is 5.32 Å². The highest BCUT2D eigenvalue weighted by molar-refractivity contribution is 5.80. The number of carbonyl (C=O) groups is 1. The van der Waals surface area contributed by atoms with Crippen LogP contribution in [0.1, 0.15) is 38.5 Å². The van der Waals surface area contributed by atoms with Gasteiger partial charge in [0.2, 0.25) is 0 Å². The zero-order valence-corrected chi connectivity index (χ0v) is 9.42. The van der Waals surface area contributed by atoms with Crippen LogP contribution in [0.25, 0.3) is 0 Å². The molecule has 0 radical (unpaired) electrons. The summed E-state index contributed by atoms with van der Waals surface area (Å²) >= 11 is 0. The highest BCUT2D eigenvalue weighted by Crippen LogP contribution is 2.29. The van der Waals surface area contributed by atoms with Gasteiger partial charge in [0.25, 0.3) is 0 Å². The minimum atomic E-state index is -0.484. The number of esters is 1. The number of nitrogens with one attached hydrogen (secondary N) is 1. The van der Waals surface area contributed by atoms with Crippen molar-refractivity contribution >= 4 is 5.97 Å². The fourth-order valence-electron chi connectivity index (χ4n) is 2.21. The SMILES string of the molecule is COC(=O)C1(NCCCO)CCCCC1. The molecule has 0 saturated heterocycles. The van der Waals surface area contributed by atoms with E-state index in [1.165, 1.54) is 13.5 Å². The van der Waals surface area contributed by atoms with Crippen LogP contribution in [0.3, 0.4) is 0 Å². The van der Waals surface area contributed by atoms with Crippen molar-refractivity contribution in [3.8, 4) is 0 Å². The summed E-state index contributed by atoms with van der Waals surface area (Å²) in [7, 11) is 1.44. The monoisotopic (exact) mass is 215 g/mol. The Hall–Kier alpha value is -0.610. The Morgan fingerprint density at radius 1 is 1.40 bits per heavy atom. The summed E-state index contributed by atoms with van der Waals surface area (Å²) in [6, 6.07) is 0. The van der Waals surface area contributed by atoms with E-state index in [0.717, 1.165) is 25.7 Å². The van der Waals surface area contributed by atoms with Gasteiger partial charge in [-0.25, -0.2) is 0 Å². The molecule has 15 heavy (non-hydrogen) atoms. The van der Waals surface area contributed by atoms with Crippen molar-refractivity contribution in [2.45, 2.75) is 44.1 Å². The highest BCUT2D eigenvalue weighted by Gasteiger charge is 2.39. The molecule has 0 unspecified atom stereocenters. The van der Waals surface area contributed by atoms with Crippen LogP contribution in [0.2, 0.25) is 0 Å². The molecule has 1 rings (SSSR count). The number of carbonyl (C=O) groups excluding carboxylic acids is 1. The Bertz CT molecular complexity index is 200. The van der Waals surface area contributed by atoms with Crippen LogP contribution in [-0.4, -0.2) is 36.9 Å². The van der Waals surface area contributed by atoms with Crippen LogP contribution >= 0.6 is 0 Å². The molecule has 1 aliphatic rings. The molecule has 2 N–H and O–H groups in total. The van der Waals surface area contributed by atoms with Gasteiger partial charge in [-0.1, -0.05) is 19.3 Å². The molecular formula is C11H21NO3. The van der Waals surface area contributed by atoms with E-state index in [1.807, 2.05) is 0 Å². The normalized spacial score (nSPS) is 19.9. The standard InChI is InChI=1S/C11H21NO3/c1-15-10(14)11(12-8-5-9-13)6-3-2-4-7-11/h12-13H,2-9H2,1H3. The Balaban J connectivity index is 2.54. The molecule has 0 aromatic rings. The van der Waals surface area contributed by atoms with Gasteiger partial charge in [0.05, 0.1) is 7.11 Å². The van der Waals surface area contributed by atoms with Crippen LogP contribution in [0.5, 0.6) is 0 Å². The van der Waals surface area contributed by atoms with Gasteiger partial charge in [-0.2, -0.15) is 0 Å². The van der Waals surface area contributed by atoms with E-state index >= 15 is 0 Å². The van der Waals surface area contributed by atoms with Crippen molar-refractivity contribution in [2.24, 2.45) is 0 Å². The molecule has 0 aromatic heterocycles. The predicted octanol–water partition coefficient (Wildman–Crippen LogP) is 0.834. The average Bonchev–Trinajstić information content (AvgIpc) is 2.29. The van der Waals surface area contributed by atoms with Gasteiger partial charge in [-0.3, -0.25) is 4.79 Å². The molecule has 0 heterocycles. The minimum Gasteiger partial charge on any atom is -0.468 e. The average molecular weight is 215 g/mol. The third kappa shape index (κ3) is 3.18. The number of methoxy groups -OCH3 is 1. The van der Waals surface area contributed by atoms with Gasteiger partial charge in [0.1, 0.15) is 5.54 Å². The number of rotatable bonds is 5. The molecule has 0 spiro atoms. The fourth-order valence-corrected chi connectivity index (χ4v) is 2.21. The van der Waals surface area contributed by atoms with Gasteiger partial charge in [0.15, 0.2) is 0 Å². The molecule has 1 saturated carbocycles. The van der Waals surface area contributed by atoms with Crippen LogP contribution in [0, 0.1) is 0 Å². The lowest BCUT2D eigenvalue weighted by Crippen LogP contribution is -2.54. The second-order valence-corrected chi connectivity index (χ2v) is 4.14. The summed E-state index contributed by atoms with van der Waals surface area (Å²) < 4.78 is 4.86. The maximum atomic E-state index is 11.7. The molecule has 88 valence electrons. The third-order valence-electron chi connectivity index (χ3n) is 3.08. The van der Waals surface area contributed by atoms with E-state index < -0.39 is 5.54 Å². The van der Waals surface area contributed by atoms with Gasteiger partial charge < -0.3 is 15.2 Å². The second kappa shape index (κ2) is 6.08. The number of ether oxygens (including phenoxy) is 1. The van der Waals surface area contributed by atoms with Gasteiger partial charge in [-0.15, -0.1) is 0 Å². The van der Waals surface area contributed by atoms with E-state index in [4.69, 9.17) is 9.84 Å². The Morgan fingerprint density at radius 3 is 2.60 bits per heavy atom. The molecule has 0 atom stereocenters. The molecule has 1 aliphatic carbocycles. The summed E-state index contributed by atoms with van der Waals surface area (Å²) in [6.45, 7) is 0.829. The van der Waals surface area contributed by atoms with Crippen molar-refractivity contribution in [3.63, 3.8) is 0 Å². The van der Waals surface area contributed by atoms with E-state index in [9.17, 15) is 4.79 Å². The van der Waals surface area contributed by atoms with E-state index in [1.54, 1.807) is 0 Å². The van der Waals surface area contributed by atoms with Crippen molar-refractivity contribution in [1.29, 1.82) is 0 Å². The number of aliphatic hydroxyl groups excluding tert-OH is 1. The molecular weight excluding hydrogens is 194 g/mol. The van der Waals surface area contributed by atoms with Gasteiger partial charge in [0, 0.05) is 6.61 Å². The lowest BCUT2D eigenvalue weighted by Gasteiger charge is -2.35. The summed E-state index contributed by atoms with van der Waals surface area (Å²) in [6.07, 6.45) is 5.72. The lowest BCUT2D eigenvalue weighted by atomic mass is 9.81. The van der Waals surface area contributed by atoms with Crippen LogP contribution in [-0.2, 0) is 9.53 Å². The van der Waals surface area contributed by atoms with Crippen LogP contribution in [0.15, 0.2) is 0 Å². The third-order valence-corrected chi connectivity index (χ3v) is 3.08. The quantitative estimate of drug-likeness (QED) is 0.527. The van der Waals surface area contributed by atoms with Crippen LogP contribution in [0.4, 0.5) is 0 Å². The molecule has 1 fully saturated rings. The molecule has 0 amide bonds. The number of hydrogen-bond donors (Lipinski definition) is 2. The maximum Gasteiger partial charge on any atom is 0.326 e. The number of hydrogen-bond acceptors (Lipinski definition) is 4. The summed E-state index contributed by atoms with van der Waals surface area (Å²) in [5.74, 6) is -0.153. The fraction of sp³-hybridized carbons (Fsp3) is 0.909. The zero-order valence-electron chi connectivity index (χ0n) is 9.42. The van der Waals surface area contributed by atoms with Crippen molar-refractivity contribution in [3.05, 3.63) is 0 Å². The van der Waals surface area contributed by atoms with E-state index in [-0.39, 0.29) is 12.6 Å². The van der Waals surface area contributed by atoms with E-state index in [2.05, 4.69) is 5.32 Å². The van der Waals surface area contributed by atoms with Crippen molar-refractivity contribution < 1.29 is 14.6 Å². The van der Waals surface area contributed by atoms with Crippen molar-refractivity contribution in [2.75, 3.05) is 20.3 Å². The topological polar surface area (TPSA) is 58.6 Å². The highest BCUT2D eigenvalue weighted by atomic mass is 16.5. The number of aliphatic hydroxyl groups is 1. The molecule has 0 aromatic carbocycles. The first-order valence-corrected chi connectivity index (χ1v) is 5.69. The Labute approximate surface area is 91.0 Å². The lowest BCUT2D eigenvalue weighted by molar-refractivity contribution is -0.150. The summed E-state index contributed by atoms with van der Waals surface area (Å²) in [4.78, 5) is 11.7. The van der Waals surface area contributed by atoms with Crippen molar-refractivity contribution in [1.82, 2.24) is 5.32 Å².